The van der Waals surface area contributed by atoms with Gasteiger partial charge in [0.25, 0.3) is 0 Å². The van der Waals surface area contributed by atoms with Crippen LogP contribution >= 0.6 is 12.4 Å². The average Bonchev–Trinajstić information content (AvgIpc) is 2.79. The molecule has 2 rings (SSSR count). The highest BCUT2D eigenvalue weighted by Crippen LogP contribution is 2.33. The number of halogens is 1. The van der Waals surface area contributed by atoms with E-state index in [4.69, 9.17) is 5.11 Å². The van der Waals surface area contributed by atoms with Gasteiger partial charge in [0.15, 0.2) is 0 Å². The number of aliphatic imine (C=N–C) groups is 1. The predicted molar refractivity (Wildman–Crippen MR) is 75.6 cm³/mol. The van der Waals surface area contributed by atoms with Crippen molar-refractivity contribution in [1.82, 2.24) is 0 Å². The summed E-state index contributed by atoms with van der Waals surface area (Å²) in [5, 5.41) is 19.5. The van der Waals surface area contributed by atoms with E-state index in [9.17, 15) is 5.11 Å². The SMILES string of the molecule is Cl.OCC/N=C(/c1ccccc1)C1(O)CCCC1. The molecule has 2 N–H and O–H groups in total. The minimum absolute atomic E-state index is 0. The van der Waals surface area contributed by atoms with Gasteiger partial charge < -0.3 is 10.2 Å². The van der Waals surface area contributed by atoms with Crippen LogP contribution in [0.1, 0.15) is 31.2 Å². The van der Waals surface area contributed by atoms with Crippen LogP contribution in [0.4, 0.5) is 0 Å². The third-order valence-corrected chi connectivity index (χ3v) is 3.29. The maximum Gasteiger partial charge on any atom is 0.107 e. The number of hydrogen-bond acceptors (Lipinski definition) is 3. The second-order valence-electron chi connectivity index (χ2n) is 4.56. The topological polar surface area (TPSA) is 52.8 Å². The second kappa shape index (κ2) is 6.88. The summed E-state index contributed by atoms with van der Waals surface area (Å²) in [6.07, 6.45) is 3.63. The summed E-state index contributed by atoms with van der Waals surface area (Å²) in [4.78, 5) is 4.38. The minimum atomic E-state index is -0.795. The molecular weight excluding hydrogens is 250 g/mol. The quantitative estimate of drug-likeness (QED) is 0.824. The van der Waals surface area contributed by atoms with E-state index in [1.54, 1.807) is 0 Å². The minimum Gasteiger partial charge on any atom is -0.394 e. The normalized spacial score (nSPS) is 18.4. The third kappa shape index (κ3) is 3.31. The van der Waals surface area contributed by atoms with Crippen LogP contribution in [0.5, 0.6) is 0 Å². The lowest BCUT2D eigenvalue weighted by Crippen LogP contribution is -2.36. The van der Waals surface area contributed by atoms with Crippen molar-refractivity contribution in [3.63, 3.8) is 0 Å². The summed E-state index contributed by atoms with van der Waals surface area (Å²) < 4.78 is 0. The van der Waals surface area contributed by atoms with Crippen molar-refractivity contribution >= 4 is 18.1 Å². The molecule has 4 heteroatoms. The van der Waals surface area contributed by atoms with E-state index in [1.165, 1.54) is 0 Å². The van der Waals surface area contributed by atoms with Crippen molar-refractivity contribution in [3.8, 4) is 0 Å². The Kier molecular flexibility index (Phi) is 5.79. The molecule has 18 heavy (non-hydrogen) atoms. The Morgan fingerprint density at radius 3 is 2.33 bits per heavy atom. The predicted octanol–water partition coefficient (Wildman–Crippen LogP) is 2.19. The molecule has 1 fully saturated rings. The average molecular weight is 270 g/mol. The molecule has 0 aromatic heterocycles. The van der Waals surface area contributed by atoms with E-state index in [2.05, 4.69) is 4.99 Å². The third-order valence-electron chi connectivity index (χ3n) is 3.29. The molecule has 0 unspecified atom stereocenters. The van der Waals surface area contributed by atoms with Crippen molar-refractivity contribution < 1.29 is 10.2 Å². The molecule has 0 saturated heterocycles. The van der Waals surface area contributed by atoms with Crippen LogP contribution in [0.2, 0.25) is 0 Å². The Balaban J connectivity index is 0.00000162. The van der Waals surface area contributed by atoms with Gasteiger partial charge in [-0.2, -0.15) is 0 Å². The van der Waals surface area contributed by atoms with Crippen LogP contribution in [0.25, 0.3) is 0 Å². The van der Waals surface area contributed by atoms with Crippen molar-refractivity contribution in [2.45, 2.75) is 31.3 Å². The first-order chi connectivity index (χ1) is 8.26. The summed E-state index contributed by atoms with van der Waals surface area (Å²) >= 11 is 0. The van der Waals surface area contributed by atoms with Gasteiger partial charge in [0.1, 0.15) is 5.60 Å². The lowest BCUT2D eigenvalue weighted by Gasteiger charge is -2.25. The Hall–Kier alpha value is -0.900. The molecule has 3 nitrogen and oxygen atoms in total. The van der Waals surface area contributed by atoms with E-state index in [-0.39, 0.29) is 19.0 Å². The lowest BCUT2D eigenvalue weighted by molar-refractivity contribution is 0.120. The molecule has 1 aromatic carbocycles. The van der Waals surface area contributed by atoms with E-state index in [1.807, 2.05) is 30.3 Å². The number of nitrogens with zero attached hydrogens (tertiary/aromatic N) is 1. The summed E-state index contributed by atoms with van der Waals surface area (Å²) in [5.41, 5.74) is 0.909. The number of hydrogen-bond donors (Lipinski definition) is 2. The first kappa shape index (κ1) is 15.2. The summed E-state index contributed by atoms with van der Waals surface area (Å²) in [6, 6.07) is 9.77. The Morgan fingerprint density at radius 2 is 1.78 bits per heavy atom. The van der Waals surface area contributed by atoms with Crippen LogP contribution in [0.3, 0.4) is 0 Å². The molecule has 1 aromatic rings. The molecule has 1 saturated carbocycles. The maximum atomic E-state index is 10.6. The Morgan fingerprint density at radius 1 is 1.17 bits per heavy atom. The van der Waals surface area contributed by atoms with Crippen LogP contribution < -0.4 is 0 Å². The van der Waals surface area contributed by atoms with Gasteiger partial charge >= 0.3 is 0 Å². The lowest BCUT2D eigenvalue weighted by atomic mass is 9.90. The fraction of sp³-hybridized carbons (Fsp3) is 0.500. The molecule has 0 heterocycles. The standard InChI is InChI=1S/C14H19NO2.ClH/c16-11-10-15-13(12-6-2-1-3-7-12)14(17)8-4-5-9-14;/h1-3,6-7,16-17H,4-5,8-11H2;1H/b15-13-;. The van der Waals surface area contributed by atoms with E-state index >= 15 is 0 Å². The Labute approximate surface area is 114 Å². The monoisotopic (exact) mass is 269 g/mol. The Bertz CT molecular complexity index is 386. The highest BCUT2D eigenvalue weighted by atomic mass is 35.5. The highest BCUT2D eigenvalue weighted by Gasteiger charge is 2.36. The number of rotatable bonds is 4. The summed E-state index contributed by atoms with van der Waals surface area (Å²) in [6.45, 7) is 0.374. The summed E-state index contributed by atoms with van der Waals surface area (Å²) in [7, 11) is 0. The van der Waals surface area contributed by atoms with Crippen LogP contribution in [-0.2, 0) is 0 Å². The number of aliphatic hydroxyl groups is 2. The van der Waals surface area contributed by atoms with Gasteiger partial charge in [-0.05, 0) is 18.4 Å². The zero-order valence-electron chi connectivity index (χ0n) is 10.4. The van der Waals surface area contributed by atoms with E-state index in [0.717, 1.165) is 37.0 Å². The molecule has 0 amide bonds. The largest absolute Gasteiger partial charge is 0.394 e. The molecule has 0 bridgehead atoms. The molecule has 1 aliphatic carbocycles. The van der Waals surface area contributed by atoms with Crippen molar-refractivity contribution in [2.24, 2.45) is 4.99 Å². The van der Waals surface area contributed by atoms with Gasteiger partial charge in [0, 0.05) is 0 Å². The van der Waals surface area contributed by atoms with Gasteiger partial charge in [0.05, 0.1) is 18.9 Å². The smallest absolute Gasteiger partial charge is 0.107 e. The van der Waals surface area contributed by atoms with Gasteiger partial charge in [-0.15, -0.1) is 12.4 Å². The molecule has 1 aliphatic rings. The highest BCUT2D eigenvalue weighted by molar-refractivity contribution is 6.06. The van der Waals surface area contributed by atoms with Crippen LogP contribution in [-0.4, -0.2) is 34.7 Å². The van der Waals surface area contributed by atoms with E-state index in [0.29, 0.717) is 6.54 Å². The van der Waals surface area contributed by atoms with Gasteiger partial charge in [-0.1, -0.05) is 43.2 Å². The molecule has 100 valence electrons. The first-order valence-corrected chi connectivity index (χ1v) is 6.20. The van der Waals surface area contributed by atoms with Gasteiger partial charge in [-0.25, -0.2) is 0 Å². The number of benzene rings is 1. The van der Waals surface area contributed by atoms with E-state index < -0.39 is 5.60 Å². The first-order valence-electron chi connectivity index (χ1n) is 6.20. The van der Waals surface area contributed by atoms with Gasteiger partial charge in [-0.3, -0.25) is 4.99 Å². The zero-order chi connectivity index (χ0) is 12.1. The van der Waals surface area contributed by atoms with Crippen molar-refractivity contribution in [1.29, 1.82) is 0 Å². The van der Waals surface area contributed by atoms with Crippen molar-refractivity contribution in [2.75, 3.05) is 13.2 Å². The molecule has 0 atom stereocenters. The van der Waals surface area contributed by atoms with Crippen LogP contribution in [0, 0.1) is 0 Å². The van der Waals surface area contributed by atoms with Crippen LogP contribution in [0.15, 0.2) is 35.3 Å². The fourth-order valence-corrected chi connectivity index (χ4v) is 2.46. The van der Waals surface area contributed by atoms with Gasteiger partial charge in [0.2, 0.25) is 0 Å². The van der Waals surface area contributed by atoms with Crippen molar-refractivity contribution in [3.05, 3.63) is 35.9 Å². The summed E-state index contributed by atoms with van der Waals surface area (Å²) in [5.74, 6) is 0. The number of aliphatic hydroxyl groups excluding tert-OH is 1. The molecule has 0 spiro atoms. The molecule has 0 aliphatic heterocycles. The fourth-order valence-electron chi connectivity index (χ4n) is 2.46. The molecular formula is C14H20ClNO2. The second-order valence-corrected chi connectivity index (χ2v) is 4.56. The maximum absolute atomic E-state index is 10.6. The zero-order valence-corrected chi connectivity index (χ0v) is 11.2. The molecule has 0 radical (unpaired) electrons.